The molecule has 1 amide bonds. The Hall–Kier alpha value is -2.63. The highest BCUT2D eigenvalue weighted by Gasteiger charge is 2.36. The van der Waals surface area contributed by atoms with Crippen LogP contribution < -0.4 is 0 Å². The van der Waals surface area contributed by atoms with Crippen LogP contribution in [0.5, 0.6) is 5.75 Å². The third kappa shape index (κ3) is 5.05. The Morgan fingerprint density at radius 1 is 1.12 bits per heavy atom. The Bertz CT molecular complexity index is 925. The van der Waals surface area contributed by atoms with Gasteiger partial charge >= 0.3 is 0 Å². The first kappa shape index (κ1) is 24.0. The predicted molar refractivity (Wildman–Crippen MR) is 131 cm³/mol. The summed E-state index contributed by atoms with van der Waals surface area (Å²) in [4.78, 5) is 20.2. The Balaban J connectivity index is 2.10. The lowest BCUT2D eigenvalue weighted by molar-refractivity contribution is 0.0302. The molecule has 5 heteroatoms. The van der Waals surface area contributed by atoms with E-state index < -0.39 is 0 Å². The molecule has 0 aliphatic carbocycles. The highest BCUT2D eigenvalue weighted by molar-refractivity contribution is 5.96. The number of amides is 1. The van der Waals surface area contributed by atoms with Gasteiger partial charge in [0.1, 0.15) is 5.75 Å². The number of phenols is 1. The van der Waals surface area contributed by atoms with Crippen LogP contribution in [0.15, 0.2) is 61.2 Å². The maximum atomic E-state index is 13.4. The molecule has 1 aliphatic heterocycles. The van der Waals surface area contributed by atoms with Crippen molar-refractivity contribution in [2.75, 3.05) is 32.7 Å². The first-order valence-corrected chi connectivity index (χ1v) is 11.7. The number of hydrogen-bond acceptors (Lipinski definition) is 4. The third-order valence-electron chi connectivity index (χ3n) is 6.58. The number of hydrogen-bond donors (Lipinski definition) is 1. The molecule has 3 atom stereocenters. The number of carbonyl (C=O) groups excluding carboxylic acids is 1. The van der Waals surface area contributed by atoms with Gasteiger partial charge in [0.25, 0.3) is 5.91 Å². The SMILES string of the molecule is C=CCN1C[C@H](C)N([C@@H](c2cccc(O)c2)c2ccccc2C(=O)N(CC)CC)C[C@@H]1C. The molecule has 2 aromatic carbocycles. The van der Waals surface area contributed by atoms with Crippen molar-refractivity contribution in [3.63, 3.8) is 0 Å². The summed E-state index contributed by atoms with van der Waals surface area (Å²) in [6, 6.07) is 15.9. The van der Waals surface area contributed by atoms with Gasteiger partial charge < -0.3 is 10.0 Å². The van der Waals surface area contributed by atoms with Gasteiger partial charge in [0, 0.05) is 50.4 Å². The average molecular weight is 436 g/mol. The molecule has 1 heterocycles. The minimum atomic E-state index is -0.124. The molecule has 1 saturated heterocycles. The zero-order valence-electron chi connectivity index (χ0n) is 19.9. The van der Waals surface area contributed by atoms with Gasteiger partial charge in [0.15, 0.2) is 0 Å². The molecule has 0 unspecified atom stereocenters. The van der Waals surface area contributed by atoms with E-state index in [-0.39, 0.29) is 23.7 Å². The van der Waals surface area contributed by atoms with Crippen molar-refractivity contribution >= 4 is 5.91 Å². The van der Waals surface area contributed by atoms with Crippen molar-refractivity contribution in [1.29, 1.82) is 0 Å². The number of rotatable bonds is 8. The van der Waals surface area contributed by atoms with E-state index >= 15 is 0 Å². The van der Waals surface area contributed by atoms with Crippen molar-refractivity contribution in [1.82, 2.24) is 14.7 Å². The van der Waals surface area contributed by atoms with E-state index in [2.05, 4.69) is 42.4 Å². The highest BCUT2D eigenvalue weighted by atomic mass is 16.3. The molecule has 5 nitrogen and oxygen atoms in total. The molecular weight excluding hydrogens is 398 g/mol. The molecule has 0 aromatic heterocycles. The topological polar surface area (TPSA) is 47.0 Å². The quantitative estimate of drug-likeness (QED) is 0.618. The minimum absolute atomic E-state index is 0.0572. The zero-order valence-corrected chi connectivity index (χ0v) is 19.9. The molecule has 172 valence electrons. The van der Waals surface area contributed by atoms with Gasteiger partial charge in [-0.3, -0.25) is 14.6 Å². The lowest BCUT2D eigenvalue weighted by atomic mass is 9.90. The monoisotopic (exact) mass is 435 g/mol. The van der Waals surface area contributed by atoms with Crippen molar-refractivity contribution in [3.05, 3.63) is 77.9 Å². The van der Waals surface area contributed by atoms with Crippen LogP contribution in [0.3, 0.4) is 0 Å². The van der Waals surface area contributed by atoms with Crippen molar-refractivity contribution in [2.24, 2.45) is 0 Å². The van der Waals surface area contributed by atoms with Gasteiger partial charge in [0.2, 0.25) is 0 Å². The van der Waals surface area contributed by atoms with E-state index in [1.54, 1.807) is 6.07 Å². The second kappa shape index (κ2) is 10.8. The van der Waals surface area contributed by atoms with Gasteiger partial charge in [-0.05, 0) is 57.0 Å². The summed E-state index contributed by atoms with van der Waals surface area (Å²) in [7, 11) is 0. The number of nitrogens with zero attached hydrogens (tertiary/aromatic N) is 3. The second-order valence-corrected chi connectivity index (χ2v) is 8.70. The Kier molecular flexibility index (Phi) is 8.10. The molecule has 2 aromatic rings. The van der Waals surface area contributed by atoms with E-state index in [1.165, 1.54) is 0 Å². The molecule has 0 saturated carbocycles. The summed E-state index contributed by atoms with van der Waals surface area (Å²) in [5, 5.41) is 10.3. The Labute approximate surface area is 193 Å². The van der Waals surface area contributed by atoms with Gasteiger partial charge in [-0.25, -0.2) is 0 Å². The maximum absolute atomic E-state index is 13.4. The summed E-state index contributed by atoms with van der Waals surface area (Å²) in [6.07, 6.45) is 1.96. The van der Waals surface area contributed by atoms with Gasteiger partial charge in [-0.15, -0.1) is 6.58 Å². The van der Waals surface area contributed by atoms with Crippen LogP contribution in [0.2, 0.25) is 0 Å². The lowest BCUT2D eigenvalue weighted by Crippen LogP contribution is -2.57. The predicted octanol–water partition coefficient (Wildman–Crippen LogP) is 4.54. The van der Waals surface area contributed by atoms with Crippen LogP contribution in [-0.2, 0) is 0 Å². The first-order chi connectivity index (χ1) is 15.4. The molecule has 1 fully saturated rings. The number of aromatic hydroxyl groups is 1. The summed E-state index contributed by atoms with van der Waals surface area (Å²) < 4.78 is 0. The number of phenolic OH excluding ortho intramolecular Hbond substituents is 1. The highest BCUT2D eigenvalue weighted by Crippen LogP contribution is 2.36. The normalized spacial score (nSPS) is 20.6. The Morgan fingerprint density at radius 2 is 1.84 bits per heavy atom. The number of piperazine rings is 1. The van der Waals surface area contributed by atoms with Crippen LogP contribution in [-0.4, -0.2) is 70.5 Å². The van der Waals surface area contributed by atoms with Gasteiger partial charge in [-0.1, -0.05) is 36.4 Å². The van der Waals surface area contributed by atoms with Crippen molar-refractivity contribution in [2.45, 2.75) is 45.8 Å². The third-order valence-corrected chi connectivity index (χ3v) is 6.58. The van der Waals surface area contributed by atoms with Crippen LogP contribution in [0, 0.1) is 0 Å². The molecular formula is C27H37N3O2. The van der Waals surface area contributed by atoms with Gasteiger partial charge in [0.05, 0.1) is 6.04 Å². The largest absolute Gasteiger partial charge is 0.508 e. The van der Waals surface area contributed by atoms with Gasteiger partial charge in [-0.2, -0.15) is 0 Å². The Morgan fingerprint density at radius 3 is 2.50 bits per heavy atom. The van der Waals surface area contributed by atoms with E-state index in [4.69, 9.17) is 0 Å². The smallest absolute Gasteiger partial charge is 0.254 e. The molecule has 32 heavy (non-hydrogen) atoms. The second-order valence-electron chi connectivity index (χ2n) is 8.70. The average Bonchev–Trinajstić information content (AvgIpc) is 2.78. The zero-order chi connectivity index (χ0) is 23.3. The van der Waals surface area contributed by atoms with E-state index in [0.29, 0.717) is 19.1 Å². The van der Waals surface area contributed by atoms with Crippen molar-refractivity contribution in [3.8, 4) is 5.75 Å². The van der Waals surface area contributed by atoms with Crippen LogP contribution in [0.25, 0.3) is 0 Å². The fraction of sp³-hybridized carbons (Fsp3) is 0.444. The summed E-state index contributed by atoms with van der Waals surface area (Å²) in [5.41, 5.74) is 2.73. The van der Waals surface area contributed by atoms with E-state index in [1.807, 2.05) is 55.2 Å². The fourth-order valence-electron chi connectivity index (χ4n) is 4.86. The standard InChI is InChI=1S/C27H37N3O2/c1-6-16-29-18-21(5)30(19-20(29)4)26(22-12-11-13-23(31)17-22)24-14-9-10-15-25(24)27(32)28(7-2)8-3/h6,9-15,17,20-21,26,31H,1,7-8,16,18-19H2,2-5H3/t20-,21-,26-/m0/s1. The maximum Gasteiger partial charge on any atom is 0.254 e. The fourth-order valence-corrected chi connectivity index (χ4v) is 4.86. The molecule has 0 radical (unpaired) electrons. The number of carbonyl (C=O) groups is 1. The van der Waals surface area contributed by atoms with Crippen LogP contribution >= 0.6 is 0 Å². The van der Waals surface area contributed by atoms with Crippen molar-refractivity contribution < 1.29 is 9.90 Å². The summed E-state index contributed by atoms with van der Waals surface area (Å²) in [5.74, 6) is 0.299. The molecule has 0 bridgehead atoms. The minimum Gasteiger partial charge on any atom is -0.508 e. The summed E-state index contributed by atoms with van der Waals surface area (Å²) in [6.45, 7) is 16.4. The first-order valence-electron chi connectivity index (χ1n) is 11.7. The summed E-state index contributed by atoms with van der Waals surface area (Å²) >= 11 is 0. The van der Waals surface area contributed by atoms with Crippen LogP contribution in [0.4, 0.5) is 0 Å². The molecule has 1 N–H and O–H groups in total. The van der Waals surface area contributed by atoms with E-state index in [9.17, 15) is 9.90 Å². The van der Waals surface area contributed by atoms with Crippen LogP contribution in [0.1, 0.15) is 55.2 Å². The molecule has 3 rings (SSSR count). The van der Waals surface area contributed by atoms with E-state index in [0.717, 1.165) is 36.3 Å². The number of benzene rings is 2. The molecule has 0 spiro atoms. The lowest BCUT2D eigenvalue weighted by Gasteiger charge is -2.47. The molecule has 1 aliphatic rings.